The van der Waals surface area contributed by atoms with Gasteiger partial charge in [-0.1, -0.05) is 22.4 Å². The molecule has 1 aliphatic rings. The third-order valence-electron chi connectivity index (χ3n) is 2.10. The van der Waals surface area contributed by atoms with E-state index >= 15 is 0 Å². The highest BCUT2D eigenvalue weighted by molar-refractivity contribution is 9.09. The Morgan fingerprint density at radius 3 is 2.90 bits per heavy atom. The van der Waals surface area contributed by atoms with Crippen molar-refractivity contribution in [3.8, 4) is 0 Å². The quantitative estimate of drug-likeness (QED) is 0.698. The highest BCUT2D eigenvalue weighted by Gasteiger charge is 2.10. The molecule has 0 radical (unpaired) electrons. The standard InChI is InChI=1S/C8H16BrN/c9-6-3-5-8-4-1-2-7-10-8/h8,10H,1-7H2/t8-/m1/s1. The SMILES string of the molecule is BrCCC[C@H]1CCCCN1. The third kappa shape index (κ3) is 3.02. The van der Waals surface area contributed by atoms with E-state index in [0.29, 0.717) is 0 Å². The lowest BCUT2D eigenvalue weighted by Gasteiger charge is -2.22. The van der Waals surface area contributed by atoms with Gasteiger partial charge in [0.2, 0.25) is 0 Å². The maximum atomic E-state index is 3.53. The molecular formula is C8H16BrN. The number of piperidine rings is 1. The van der Waals surface area contributed by atoms with Crippen molar-refractivity contribution >= 4 is 15.9 Å². The summed E-state index contributed by atoms with van der Waals surface area (Å²) in [6, 6.07) is 0.825. The monoisotopic (exact) mass is 205 g/mol. The molecule has 60 valence electrons. The van der Waals surface area contributed by atoms with Gasteiger partial charge in [0.15, 0.2) is 0 Å². The Kier molecular flexibility index (Phi) is 4.39. The molecule has 0 amide bonds. The molecular weight excluding hydrogens is 190 g/mol. The molecule has 10 heavy (non-hydrogen) atoms. The summed E-state index contributed by atoms with van der Waals surface area (Å²) in [6.07, 6.45) is 6.88. The molecule has 1 heterocycles. The molecule has 1 fully saturated rings. The second kappa shape index (κ2) is 5.14. The fourth-order valence-electron chi connectivity index (χ4n) is 1.49. The number of hydrogen-bond donors (Lipinski definition) is 1. The molecule has 0 unspecified atom stereocenters. The lowest BCUT2D eigenvalue weighted by atomic mass is 10.0. The van der Waals surface area contributed by atoms with Gasteiger partial charge in [0.05, 0.1) is 0 Å². The Labute approximate surface area is 71.7 Å². The molecule has 0 aromatic rings. The lowest BCUT2D eigenvalue weighted by molar-refractivity contribution is 0.381. The van der Waals surface area contributed by atoms with Crippen molar-refractivity contribution in [2.75, 3.05) is 11.9 Å². The van der Waals surface area contributed by atoms with Crippen LogP contribution >= 0.6 is 15.9 Å². The van der Waals surface area contributed by atoms with Crippen molar-refractivity contribution in [3.05, 3.63) is 0 Å². The Morgan fingerprint density at radius 1 is 1.40 bits per heavy atom. The van der Waals surface area contributed by atoms with Crippen LogP contribution in [0, 0.1) is 0 Å². The molecule has 1 aliphatic heterocycles. The third-order valence-corrected chi connectivity index (χ3v) is 2.66. The number of nitrogens with one attached hydrogen (secondary N) is 1. The van der Waals surface area contributed by atoms with Gasteiger partial charge in [0, 0.05) is 11.4 Å². The van der Waals surface area contributed by atoms with Crippen LogP contribution in [0.25, 0.3) is 0 Å². The first-order chi connectivity index (χ1) is 4.93. The molecule has 0 bridgehead atoms. The van der Waals surface area contributed by atoms with Crippen molar-refractivity contribution in [3.63, 3.8) is 0 Å². The van der Waals surface area contributed by atoms with Gasteiger partial charge in [0.1, 0.15) is 0 Å². The molecule has 0 aromatic carbocycles. The Balaban J connectivity index is 2.02. The van der Waals surface area contributed by atoms with Crippen LogP contribution < -0.4 is 5.32 Å². The summed E-state index contributed by atoms with van der Waals surface area (Å²) in [6.45, 7) is 1.24. The van der Waals surface area contributed by atoms with E-state index in [2.05, 4.69) is 21.2 Å². The number of alkyl halides is 1. The van der Waals surface area contributed by atoms with Crippen LogP contribution in [0.3, 0.4) is 0 Å². The molecule has 1 atom stereocenters. The second-order valence-electron chi connectivity index (χ2n) is 2.98. The Bertz CT molecular complexity index is 79.3. The van der Waals surface area contributed by atoms with E-state index in [1.54, 1.807) is 0 Å². The van der Waals surface area contributed by atoms with Crippen LogP contribution in [-0.4, -0.2) is 17.9 Å². The maximum Gasteiger partial charge on any atom is 0.00673 e. The summed E-state index contributed by atoms with van der Waals surface area (Å²) in [5.41, 5.74) is 0. The normalized spacial score (nSPS) is 26.7. The summed E-state index contributed by atoms with van der Waals surface area (Å²) < 4.78 is 0. The first kappa shape index (κ1) is 8.54. The highest BCUT2D eigenvalue weighted by Crippen LogP contribution is 2.11. The van der Waals surface area contributed by atoms with E-state index in [-0.39, 0.29) is 0 Å². The van der Waals surface area contributed by atoms with Gasteiger partial charge in [0.25, 0.3) is 0 Å². The van der Waals surface area contributed by atoms with Gasteiger partial charge < -0.3 is 5.32 Å². The maximum absolute atomic E-state index is 3.53. The Morgan fingerprint density at radius 2 is 2.30 bits per heavy atom. The van der Waals surface area contributed by atoms with Crippen molar-refractivity contribution in [2.45, 2.75) is 38.1 Å². The number of halogens is 1. The van der Waals surface area contributed by atoms with Gasteiger partial charge in [-0.25, -0.2) is 0 Å². The average Bonchev–Trinajstić information content (AvgIpc) is 2.03. The average molecular weight is 206 g/mol. The van der Waals surface area contributed by atoms with Gasteiger partial charge in [-0.3, -0.25) is 0 Å². The molecule has 0 saturated carbocycles. The summed E-state index contributed by atoms with van der Waals surface area (Å²) in [5, 5.41) is 4.69. The van der Waals surface area contributed by atoms with Crippen molar-refractivity contribution < 1.29 is 0 Å². The Hall–Kier alpha value is 0.440. The minimum atomic E-state index is 0.825. The zero-order chi connectivity index (χ0) is 7.23. The minimum absolute atomic E-state index is 0.825. The highest BCUT2D eigenvalue weighted by atomic mass is 79.9. The van der Waals surface area contributed by atoms with Crippen LogP contribution in [0.1, 0.15) is 32.1 Å². The molecule has 1 N–H and O–H groups in total. The predicted octanol–water partition coefficient (Wildman–Crippen LogP) is 2.30. The summed E-state index contributed by atoms with van der Waals surface area (Å²) in [5.74, 6) is 0. The van der Waals surface area contributed by atoms with E-state index in [1.165, 1.54) is 38.6 Å². The van der Waals surface area contributed by atoms with Gasteiger partial charge >= 0.3 is 0 Å². The van der Waals surface area contributed by atoms with Crippen LogP contribution in [-0.2, 0) is 0 Å². The van der Waals surface area contributed by atoms with Crippen LogP contribution in [0.5, 0.6) is 0 Å². The summed E-state index contributed by atoms with van der Waals surface area (Å²) in [7, 11) is 0. The van der Waals surface area contributed by atoms with E-state index in [1.807, 2.05) is 0 Å². The van der Waals surface area contributed by atoms with Crippen LogP contribution in [0.15, 0.2) is 0 Å². The van der Waals surface area contributed by atoms with Crippen molar-refractivity contribution in [1.82, 2.24) is 5.32 Å². The first-order valence-electron chi connectivity index (χ1n) is 4.23. The van der Waals surface area contributed by atoms with Crippen molar-refractivity contribution in [1.29, 1.82) is 0 Å². The van der Waals surface area contributed by atoms with Crippen molar-refractivity contribution in [2.24, 2.45) is 0 Å². The smallest absolute Gasteiger partial charge is 0.00673 e. The molecule has 0 aliphatic carbocycles. The first-order valence-corrected chi connectivity index (χ1v) is 5.35. The fourth-order valence-corrected chi connectivity index (χ4v) is 1.82. The molecule has 2 heteroatoms. The van der Waals surface area contributed by atoms with Gasteiger partial charge in [-0.2, -0.15) is 0 Å². The van der Waals surface area contributed by atoms with E-state index in [4.69, 9.17) is 0 Å². The second-order valence-corrected chi connectivity index (χ2v) is 3.77. The zero-order valence-corrected chi connectivity index (χ0v) is 7.99. The molecule has 1 rings (SSSR count). The van der Waals surface area contributed by atoms with Crippen LogP contribution in [0.4, 0.5) is 0 Å². The van der Waals surface area contributed by atoms with E-state index < -0.39 is 0 Å². The number of rotatable bonds is 3. The van der Waals surface area contributed by atoms with E-state index in [0.717, 1.165) is 11.4 Å². The molecule has 0 aromatic heterocycles. The minimum Gasteiger partial charge on any atom is -0.314 e. The molecule has 1 nitrogen and oxygen atoms in total. The topological polar surface area (TPSA) is 12.0 Å². The van der Waals surface area contributed by atoms with E-state index in [9.17, 15) is 0 Å². The summed E-state index contributed by atoms with van der Waals surface area (Å²) >= 11 is 3.45. The van der Waals surface area contributed by atoms with Crippen LogP contribution in [0.2, 0.25) is 0 Å². The van der Waals surface area contributed by atoms with Gasteiger partial charge in [-0.05, 0) is 32.2 Å². The van der Waals surface area contributed by atoms with Gasteiger partial charge in [-0.15, -0.1) is 0 Å². The molecule has 1 saturated heterocycles. The number of hydrogen-bond acceptors (Lipinski definition) is 1. The largest absolute Gasteiger partial charge is 0.314 e. The lowest BCUT2D eigenvalue weighted by Crippen LogP contribution is -2.33. The molecule has 0 spiro atoms. The predicted molar refractivity (Wildman–Crippen MR) is 48.7 cm³/mol. The fraction of sp³-hybridized carbons (Fsp3) is 1.00. The summed E-state index contributed by atoms with van der Waals surface area (Å²) in [4.78, 5) is 0. The zero-order valence-electron chi connectivity index (χ0n) is 6.41.